The van der Waals surface area contributed by atoms with Crippen molar-refractivity contribution in [1.29, 1.82) is 0 Å². The van der Waals surface area contributed by atoms with Gasteiger partial charge in [-0.1, -0.05) is 0 Å². The number of fused-ring (bicyclic) bond motifs is 1. The summed E-state index contributed by atoms with van der Waals surface area (Å²) in [6.45, 7) is 1.90. The molecule has 1 aromatic carbocycles. The van der Waals surface area contributed by atoms with Gasteiger partial charge in [0.2, 0.25) is 5.91 Å². The molecule has 5 rings (SSSR count). The Morgan fingerprint density at radius 3 is 2.78 bits per heavy atom. The number of hydrogen-bond donors (Lipinski definition) is 4. The number of aliphatic hydroxyl groups is 2. The lowest BCUT2D eigenvalue weighted by atomic mass is 10.1. The molecule has 1 aliphatic heterocycles. The predicted octanol–water partition coefficient (Wildman–Crippen LogP) is 1.02. The standard InChI is InChI=1S/C25H29N5O6/c1-13-21(25(34)29-17-8-30(9-18(17)32)20(33)10-31)23-24(28-13)22(26-12-27-23)16-7-15(35-2)5-6-19(16)36-11-14-3-4-14/h5-7,12,14,17-18,28,31-32H,3-4,8-11H2,1-2H3,(H,29,34)/t17-,18-/m1/s1. The number of nitrogens with one attached hydrogen (secondary N) is 2. The molecule has 3 aromatic rings. The number of hydrogen-bond acceptors (Lipinski definition) is 8. The van der Waals surface area contributed by atoms with E-state index < -0.39 is 30.6 Å². The van der Waals surface area contributed by atoms with Gasteiger partial charge in [0, 0.05) is 24.3 Å². The Kier molecular flexibility index (Phi) is 6.50. The van der Waals surface area contributed by atoms with Crippen LogP contribution in [0.25, 0.3) is 22.3 Å². The molecule has 2 aromatic heterocycles. The van der Waals surface area contributed by atoms with Crippen molar-refractivity contribution < 1.29 is 29.3 Å². The van der Waals surface area contributed by atoms with E-state index in [9.17, 15) is 14.7 Å². The lowest BCUT2D eigenvalue weighted by Gasteiger charge is -2.16. The van der Waals surface area contributed by atoms with Gasteiger partial charge in [0.15, 0.2) is 0 Å². The largest absolute Gasteiger partial charge is 0.497 e. The molecule has 0 unspecified atom stereocenters. The number of aromatic amines is 1. The summed E-state index contributed by atoms with van der Waals surface area (Å²) in [5, 5.41) is 22.3. The van der Waals surface area contributed by atoms with Crippen LogP contribution in [-0.2, 0) is 4.79 Å². The molecule has 2 amide bonds. The maximum Gasteiger partial charge on any atom is 0.255 e. The second-order valence-corrected chi connectivity index (χ2v) is 9.29. The van der Waals surface area contributed by atoms with E-state index in [0.717, 1.165) is 5.56 Å². The molecule has 1 aliphatic carbocycles. The fourth-order valence-corrected chi connectivity index (χ4v) is 4.52. The number of rotatable bonds is 8. The first-order chi connectivity index (χ1) is 17.4. The maximum atomic E-state index is 13.3. The van der Waals surface area contributed by atoms with Crippen LogP contribution in [0, 0.1) is 12.8 Å². The minimum absolute atomic E-state index is 0.0446. The van der Waals surface area contributed by atoms with Crippen LogP contribution in [0.2, 0.25) is 0 Å². The second kappa shape index (κ2) is 9.75. The van der Waals surface area contributed by atoms with E-state index in [2.05, 4.69) is 20.3 Å². The molecule has 2 aliphatic rings. The number of benzene rings is 1. The van der Waals surface area contributed by atoms with Crippen LogP contribution >= 0.6 is 0 Å². The van der Waals surface area contributed by atoms with Gasteiger partial charge in [-0.15, -0.1) is 0 Å². The van der Waals surface area contributed by atoms with Crippen molar-refractivity contribution in [1.82, 2.24) is 25.2 Å². The summed E-state index contributed by atoms with van der Waals surface area (Å²) < 4.78 is 11.5. The van der Waals surface area contributed by atoms with Crippen LogP contribution in [0.1, 0.15) is 28.9 Å². The molecule has 2 atom stereocenters. The van der Waals surface area contributed by atoms with Crippen LogP contribution in [0.15, 0.2) is 24.5 Å². The van der Waals surface area contributed by atoms with Gasteiger partial charge in [0.05, 0.1) is 36.9 Å². The Hall–Kier alpha value is -3.70. The Balaban J connectivity index is 1.47. The monoisotopic (exact) mass is 495 g/mol. The Bertz CT molecular complexity index is 1300. The zero-order valence-electron chi connectivity index (χ0n) is 20.2. The number of methoxy groups -OCH3 is 1. The van der Waals surface area contributed by atoms with Crippen LogP contribution in [0.3, 0.4) is 0 Å². The Morgan fingerprint density at radius 2 is 2.06 bits per heavy atom. The number of carbonyl (C=O) groups excluding carboxylic acids is 2. The number of H-pyrrole nitrogens is 1. The van der Waals surface area contributed by atoms with Gasteiger partial charge in [0.25, 0.3) is 5.91 Å². The summed E-state index contributed by atoms with van der Waals surface area (Å²) in [7, 11) is 1.59. The molecular weight excluding hydrogens is 466 g/mol. The lowest BCUT2D eigenvalue weighted by molar-refractivity contribution is -0.133. The van der Waals surface area contributed by atoms with Crippen LogP contribution in [0.5, 0.6) is 11.5 Å². The first kappa shape index (κ1) is 24.0. The minimum atomic E-state index is -0.942. The Morgan fingerprint density at radius 1 is 1.25 bits per heavy atom. The lowest BCUT2D eigenvalue weighted by Crippen LogP contribution is -2.43. The highest BCUT2D eigenvalue weighted by molar-refractivity contribution is 6.09. The number of aryl methyl sites for hydroxylation is 1. The SMILES string of the molecule is COc1ccc(OCC2CC2)c(-c2ncnc3c(C(=O)N[C@@H]4CN(C(=O)CO)C[C@H]4O)c(C)[nH]c23)c1. The van der Waals surface area contributed by atoms with E-state index in [4.69, 9.17) is 14.6 Å². The molecular formula is C25H29N5O6. The first-order valence-corrected chi connectivity index (χ1v) is 11.9. The summed E-state index contributed by atoms with van der Waals surface area (Å²) >= 11 is 0. The summed E-state index contributed by atoms with van der Waals surface area (Å²) in [5.74, 6) is 0.964. The Labute approximate surface area is 207 Å². The number of β-amino-alcohol motifs (C(OH)–C–C–N with tert-alkyl or cyclic N) is 1. The van der Waals surface area contributed by atoms with Gasteiger partial charge in [-0.25, -0.2) is 9.97 Å². The minimum Gasteiger partial charge on any atom is -0.497 e. The number of ether oxygens (including phenoxy) is 2. The first-order valence-electron chi connectivity index (χ1n) is 11.9. The molecule has 190 valence electrons. The maximum absolute atomic E-state index is 13.3. The molecule has 0 spiro atoms. The predicted molar refractivity (Wildman–Crippen MR) is 130 cm³/mol. The van der Waals surface area contributed by atoms with Crippen LogP contribution in [0.4, 0.5) is 0 Å². The van der Waals surface area contributed by atoms with E-state index in [1.54, 1.807) is 14.0 Å². The molecule has 36 heavy (non-hydrogen) atoms. The topological polar surface area (TPSA) is 150 Å². The van der Waals surface area contributed by atoms with E-state index in [1.165, 1.54) is 24.1 Å². The average Bonchev–Trinajstić information content (AvgIpc) is 3.55. The summed E-state index contributed by atoms with van der Waals surface area (Å²) in [4.78, 5) is 38.5. The van der Waals surface area contributed by atoms with Crippen molar-refractivity contribution in [3.05, 3.63) is 35.8 Å². The van der Waals surface area contributed by atoms with Crippen molar-refractivity contribution in [2.45, 2.75) is 31.9 Å². The molecule has 4 N–H and O–H groups in total. The average molecular weight is 496 g/mol. The molecule has 0 bridgehead atoms. The van der Waals surface area contributed by atoms with E-state index in [1.807, 2.05) is 18.2 Å². The summed E-state index contributed by atoms with van der Waals surface area (Å²) in [6.07, 6.45) is 2.79. The third-order valence-electron chi connectivity index (χ3n) is 6.71. The number of likely N-dealkylation sites (tertiary alicyclic amines) is 1. The quantitative estimate of drug-likeness (QED) is 0.362. The third-order valence-corrected chi connectivity index (χ3v) is 6.71. The smallest absolute Gasteiger partial charge is 0.255 e. The number of nitrogens with zero attached hydrogens (tertiary/aromatic N) is 3. The fourth-order valence-electron chi connectivity index (χ4n) is 4.52. The van der Waals surface area contributed by atoms with E-state index >= 15 is 0 Å². The van der Waals surface area contributed by atoms with Gasteiger partial charge < -0.3 is 34.9 Å². The van der Waals surface area contributed by atoms with Gasteiger partial charge in [-0.05, 0) is 43.9 Å². The molecule has 11 nitrogen and oxygen atoms in total. The molecule has 1 saturated carbocycles. The number of carbonyl (C=O) groups is 2. The fraction of sp³-hybridized carbons (Fsp3) is 0.440. The number of amides is 2. The van der Waals surface area contributed by atoms with Crippen molar-refractivity contribution in [3.63, 3.8) is 0 Å². The van der Waals surface area contributed by atoms with Crippen LogP contribution < -0.4 is 14.8 Å². The number of aromatic nitrogens is 3. The highest BCUT2D eigenvalue weighted by Gasteiger charge is 2.35. The van der Waals surface area contributed by atoms with E-state index in [0.29, 0.717) is 52.0 Å². The van der Waals surface area contributed by atoms with E-state index in [-0.39, 0.29) is 13.1 Å². The normalized spacial score (nSPS) is 19.5. The van der Waals surface area contributed by atoms with Gasteiger partial charge in [0.1, 0.15) is 35.6 Å². The highest BCUT2D eigenvalue weighted by Crippen LogP contribution is 2.38. The highest BCUT2D eigenvalue weighted by atomic mass is 16.5. The van der Waals surface area contributed by atoms with Crippen molar-refractivity contribution >= 4 is 22.8 Å². The van der Waals surface area contributed by atoms with Gasteiger partial charge in [-0.2, -0.15) is 0 Å². The van der Waals surface area contributed by atoms with Gasteiger partial charge >= 0.3 is 0 Å². The zero-order valence-corrected chi connectivity index (χ0v) is 20.2. The summed E-state index contributed by atoms with van der Waals surface area (Å²) in [6, 6.07) is 4.87. The van der Waals surface area contributed by atoms with Crippen molar-refractivity contribution in [3.8, 4) is 22.8 Å². The molecule has 2 fully saturated rings. The zero-order chi connectivity index (χ0) is 25.4. The number of aliphatic hydroxyl groups excluding tert-OH is 2. The second-order valence-electron chi connectivity index (χ2n) is 9.29. The third kappa shape index (κ3) is 4.59. The molecule has 11 heteroatoms. The molecule has 3 heterocycles. The summed E-state index contributed by atoms with van der Waals surface area (Å²) in [5.41, 5.74) is 3.22. The molecule has 0 radical (unpaired) electrons. The van der Waals surface area contributed by atoms with Crippen molar-refractivity contribution in [2.24, 2.45) is 5.92 Å². The van der Waals surface area contributed by atoms with Gasteiger partial charge in [-0.3, -0.25) is 9.59 Å². The van der Waals surface area contributed by atoms with Crippen LogP contribution in [-0.4, -0.2) is 87.4 Å². The van der Waals surface area contributed by atoms with Crippen molar-refractivity contribution in [2.75, 3.05) is 33.4 Å². The molecule has 1 saturated heterocycles.